The molecule has 138 valence electrons. The summed E-state index contributed by atoms with van der Waals surface area (Å²) in [6.07, 6.45) is 4.24. The molecule has 1 aromatic carbocycles. The van der Waals surface area contributed by atoms with Gasteiger partial charge in [0.05, 0.1) is 13.7 Å². The summed E-state index contributed by atoms with van der Waals surface area (Å²) in [5, 5.41) is 9.43. The molecule has 26 heavy (non-hydrogen) atoms. The van der Waals surface area contributed by atoms with Crippen molar-refractivity contribution in [2.45, 2.75) is 37.6 Å². The summed E-state index contributed by atoms with van der Waals surface area (Å²) in [6, 6.07) is 8.10. The highest BCUT2D eigenvalue weighted by Crippen LogP contribution is 2.40. The van der Waals surface area contributed by atoms with Gasteiger partial charge in [-0.2, -0.15) is 0 Å². The van der Waals surface area contributed by atoms with Gasteiger partial charge in [-0.3, -0.25) is 4.90 Å². The number of carboxylic acids is 1. The first kappa shape index (κ1) is 17.1. The van der Waals surface area contributed by atoms with Crippen LogP contribution in [0.4, 0.5) is 0 Å². The van der Waals surface area contributed by atoms with Crippen LogP contribution in [0.2, 0.25) is 0 Å². The molecule has 3 heterocycles. The summed E-state index contributed by atoms with van der Waals surface area (Å²) in [5.41, 5.74) is 0.637. The molecule has 1 saturated heterocycles. The first-order valence-electron chi connectivity index (χ1n) is 8.87. The van der Waals surface area contributed by atoms with Gasteiger partial charge in [0.2, 0.25) is 0 Å². The third-order valence-electron chi connectivity index (χ3n) is 5.36. The van der Waals surface area contributed by atoms with Crippen LogP contribution in [0.25, 0.3) is 0 Å². The molecule has 7 heteroatoms. The van der Waals surface area contributed by atoms with Crippen LogP contribution in [-0.4, -0.2) is 51.8 Å². The number of hydrogen-bond donors (Lipinski definition) is 1. The lowest BCUT2D eigenvalue weighted by molar-refractivity contribution is -0.186. The monoisotopic (exact) mass is 357 g/mol. The summed E-state index contributed by atoms with van der Waals surface area (Å²) in [6.45, 7) is 2.86. The minimum absolute atomic E-state index is 0.321. The molecule has 1 fully saturated rings. The van der Waals surface area contributed by atoms with E-state index >= 15 is 0 Å². The molecule has 1 spiro atoms. The average Bonchev–Trinajstić information content (AvgIpc) is 3.14. The van der Waals surface area contributed by atoms with Gasteiger partial charge in [0.15, 0.2) is 6.10 Å². The van der Waals surface area contributed by atoms with E-state index in [0.29, 0.717) is 6.54 Å². The highest BCUT2D eigenvalue weighted by Gasteiger charge is 2.47. The molecule has 0 bridgehead atoms. The van der Waals surface area contributed by atoms with E-state index in [0.717, 1.165) is 44.0 Å². The van der Waals surface area contributed by atoms with E-state index in [9.17, 15) is 9.90 Å². The van der Waals surface area contributed by atoms with Crippen molar-refractivity contribution in [3.8, 4) is 5.75 Å². The van der Waals surface area contributed by atoms with Gasteiger partial charge >= 0.3 is 5.97 Å². The van der Waals surface area contributed by atoms with E-state index in [-0.39, 0.29) is 0 Å². The number of benzene rings is 1. The minimum Gasteiger partial charge on any atom is -0.497 e. The number of rotatable bonds is 4. The number of nitrogens with zero attached hydrogens (tertiary/aromatic N) is 3. The second kappa shape index (κ2) is 6.74. The van der Waals surface area contributed by atoms with E-state index in [1.807, 2.05) is 22.9 Å². The number of carbonyl (C=O) groups is 1. The quantitative estimate of drug-likeness (QED) is 0.900. The Labute approximate surface area is 152 Å². The van der Waals surface area contributed by atoms with E-state index < -0.39 is 17.7 Å². The first-order valence-corrected chi connectivity index (χ1v) is 8.87. The van der Waals surface area contributed by atoms with E-state index in [4.69, 9.17) is 9.47 Å². The molecule has 4 rings (SSSR count). The zero-order valence-electron chi connectivity index (χ0n) is 14.8. The fraction of sp³-hybridized carbons (Fsp3) is 0.474. The van der Waals surface area contributed by atoms with Gasteiger partial charge in [-0.1, -0.05) is 12.1 Å². The molecule has 1 N–H and O–H groups in total. The number of likely N-dealkylation sites (tertiary alicyclic amines) is 1. The van der Waals surface area contributed by atoms with Crippen molar-refractivity contribution >= 4 is 5.97 Å². The fourth-order valence-corrected chi connectivity index (χ4v) is 3.93. The molecule has 1 atom stereocenters. The molecular weight excluding hydrogens is 334 g/mol. The van der Waals surface area contributed by atoms with Crippen molar-refractivity contribution in [3.63, 3.8) is 0 Å². The number of piperidine rings is 1. The number of carboxylic acid groups (broad SMARTS) is 1. The molecule has 0 saturated carbocycles. The maximum Gasteiger partial charge on any atom is 0.334 e. The summed E-state index contributed by atoms with van der Waals surface area (Å²) in [4.78, 5) is 18.3. The van der Waals surface area contributed by atoms with Gasteiger partial charge in [-0.25, -0.2) is 9.78 Å². The van der Waals surface area contributed by atoms with Crippen LogP contribution in [0.3, 0.4) is 0 Å². The molecule has 0 radical (unpaired) electrons. The zero-order valence-corrected chi connectivity index (χ0v) is 14.8. The molecule has 0 unspecified atom stereocenters. The number of imidazole rings is 1. The van der Waals surface area contributed by atoms with Crippen molar-refractivity contribution in [1.29, 1.82) is 0 Å². The van der Waals surface area contributed by atoms with Crippen LogP contribution in [0, 0.1) is 0 Å². The lowest BCUT2D eigenvalue weighted by atomic mass is 9.88. The number of hydrogen-bond acceptors (Lipinski definition) is 5. The lowest BCUT2D eigenvalue weighted by Gasteiger charge is -2.45. The van der Waals surface area contributed by atoms with Crippen molar-refractivity contribution in [1.82, 2.24) is 14.5 Å². The van der Waals surface area contributed by atoms with E-state index in [1.165, 1.54) is 5.56 Å². The number of aromatic nitrogens is 2. The van der Waals surface area contributed by atoms with Crippen LogP contribution < -0.4 is 4.74 Å². The molecule has 7 nitrogen and oxygen atoms in total. The van der Waals surface area contributed by atoms with Crippen LogP contribution in [0.15, 0.2) is 36.7 Å². The van der Waals surface area contributed by atoms with Gasteiger partial charge in [0.25, 0.3) is 0 Å². The van der Waals surface area contributed by atoms with Gasteiger partial charge in [0.1, 0.15) is 17.2 Å². The maximum atomic E-state index is 11.5. The number of aliphatic carboxylic acids is 1. The van der Waals surface area contributed by atoms with Gasteiger partial charge < -0.3 is 19.1 Å². The van der Waals surface area contributed by atoms with Crippen molar-refractivity contribution < 1.29 is 19.4 Å². The minimum atomic E-state index is -0.913. The summed E-state index contributed by atoms with van der Waals surface area (Å²) in [5.74, 6) is 0.803. The van der Waals surface area contributed by atoms with Crippen LogP contribution in [0.1, 0.15) is 24.2 Å². The summed E-state index contributed by atoms with van der Waals surface area (Å²) >= 11 is 0. The van der Waals surface area contributed by atoms with E-state index in [1.54, 1.807) is 13.3 Å². The third kappa shape index (κ3) is 3.08. The average molecular weight is 357 g/mol. The molecule has 2 aromatic rings. The first-order chi connectivity index (χ1) is 12.6. The van der Waals surface area contributed by atoms with Gasteiger partial charge in [-0.15, -0.1) is 0 Å². The number of methoxy groups -OCH3 is 1. The normalized spacial score (nSPS) is 22.1. The second-order valence-corrected chi connectivity index (χ2v) is 6.97. The Morgan fingerprint density at radius 3 is 2.73 bits per heavy atom. The third-order valence-corrected chi connectivity index (χ3v) is 5.36. The smallest absolute Gasteiger partial charge is 0.334 e. The van der Waals surface area contributed by atoms with Gasteiger partial charge in [0, 0.05) is 32.0 Å². The van der Waals surface area contributed by atoms with Gasteiger partial charge in [-0.05, 0) is 30.5 Å². The Kier molecular flexibility index (Phi) is 4.42. The SMILES string of the molecule is COc1ccc(CN2CCC3(CC2)O[C@@H](C(=O)O)Cn2ccnc23)cc1. The summed E-state index contributed by atoms with van der Waals surface area (Å²) in [7, 11) is 1.66. The number of fused-ring (bicyclic) bond motifs is 2. The fourth-order valence-electron chi connectivity index (χ4n) is 3.93. The molecule has 2 aliphatic rings. The van der Waals surface area contributed by atoms with E-state index in [2.05, 4.69) is 22.0 Å². The van der Waals surface area contributed by atoms with Crippen molar-refractivity contribution in [2.24, 2.45) is 0 Å². The Morgan fingerprint density at radius 2 is 2.08 bits per heavy atom. The summed E-state index contributed by atoms with van der Waals surface area (Å²) < 4.78 is 13.2. The highest BCUT2D eigenvalue weighted by molar-refractivity contribution is 5.72. The molecule has 0 aliphatic carbocycles. The lowest BCUT2D eigenvalue weighted by Crippen LogP contribution is -2.52. The Hall–Kier alpha value is -2.38. The topological polar surface area (TPSA) is 76.8 Å². The Morgan fingerprint density at radius 1 is 1.35 bits per heavy atom. The molecule has 2 aliphatic heterocycles. The van der Waals surface area contributed by atoms with Crippen LogP contribution >= 0.6 is 0 Å². The molecule has 0 amide bonds. The Balaban J connectivity index is 1.46. The number of ether oxygens (including phenoxy) is 2. The second-order valence-electron chi connectivity index (χ2n) is 6.97. The van der Waals surface area contributed by atoms with Crippen molar-refractivity contribution in [2.75, 3.05) is 20.2 Å². The Bertz CT molecular complexity index is 778. The standard InChI is InChI=1S/C19H23N3O4/c1-25-15-4-2-14(3-5-15)12-21-9-6-19(7-10-21)18-20-8-11-22(18)13-16(26-19)17(23)24/h2-5,8,11,16H,6-7,9-10,12-13H2,1H3,(H,23,24)/t16-/m1/s1. The van der Waals surface area contributed by atoms with Crippen LogP contribution in [-0.2, 0) is 28.2 Å². The molecule has 1 aromatic heterocycles. The predicted octanol–water partition coefficient (Wildman–Crippen LogP) is 1.87. The van der Waals surface area contributed by atoms with Crippen molar-refractivity contribution in [3.05, 3.63) is 48.0 Å². The zero-order chi connectivity index (χ0) is 18.1. The maximum absolute atomic E-state index is 11.5. The molecular formula is C19H23N3O4. The van der Waals surface area contributed by atoms with Crippen LogP contribution in [0.5, 0.6) is 5.75 Å². The largest absolute Gasteiger partial charge is 0.497 e. The highest BCUT2D eigenvalue weighted by atomic mass is 16.5. The predicted molar refractivity (Wildman–Crippen MR) is 93.9 cm³/mol.